The Morgan fingerprint density at radius 2 is 1.80 bits per heavy atom. The zero-order valence-electron chi connectivity index (χ0n) is 33.7. The summed E-state index contributed by atoms with van der Waals surface area (Å²) < 4.78 is 37.4. The number of hydrogen-bond donors (Lipinski definition) is 1. The first kappa shape index (κ1) is 38.7. The second-order valence-corrected chi connectivity index (χ2v) is 22.8. The Balaban J connectivity index is 1.37. The number of carbonyl (C=O) groups excluding carboxylic acids is 2. The number of Topliss-reactive ketones (excluding diaryl/α,β-unsaturated/α-hetero) is 2. The largest absolute Gasteiger partial charge is 0.508 e. The summed E-state index contributed by atoms with van der Waals surface area (Å²) in [5.74, 6) is -2.05. The van der Waals surface area contributed by atoms with Gasteiger partial charge in [0.15, 0.2) is 25.5 Å². The second-order valence-electron chi connectivity index (χ2n) is 18.1. The van der Waals surface area contributed by atoms with Gasteiger partial charge in [0.25, 0.3) is 0 Å². The summed E-state index contributed by atoms with van der Waals surface area (Å²) in [5, 5.41) is 17.0. The molecule has 6 atom stereocenters. The smallest absolute Gasteiger partial charge is 0.207 e. The first-order valence-corrected chi connectivity index (χ1v) is 22.9. The summed E-state index contributed by atoms with van der Waals surface area (Å²) in [7, 11) is -0.856. The lowest BCUT2D eigenvalue weighted by Crippen LogP contribution is -2.65. The highest BCUT2D eigenvalue weighted by molar-refractivity contribution is 6.74. The fraction of sp³-hybridized carbons (Fsp3) is 0.489. The third-order valence-corrected chi connectivity index (χ3v) is 18.3. The molecule has 4 aliphatic carbocycles. The first-order chi connectivity index (χ1) is 26.6. The number of nitrogens with zero attached hydrogens (tertiary/aromatic N) is 3. The molecule has 2 heterocycles. The fourth-order valence-electron chi connectivity index (χ4n) is 10.3. The molecule has 0 amide bonds. The molecule has 3 aromatic rings. The highest BCUT2D eigenvalue weighted by atomic mass is 28.4. The van der Waals surface area contributed by atoms with Crippen LogP contribution in [0.1, 0.15) is 100 Å². The summed E-state index contributed by atoms with van der Waals surface area (Å²) >= 11 is 0. The molecule has 1 saturated heterocycles. The monoisotopic (exact) mass is 779 g/mol. The topological polar surface area (TPSA) is 105 Å². The lowest BCUT2D eigenvalue weighted by atomic mass is 9.58. The second kappa shape index (κ2) is 13.7. The predicted molar refractivity (Wildman–Crippen MR) is 215 cm³/mol. The Morgan fingerprint density at radius 1 is 1.11 bits per heavy atom. The number of benzene rings is 2. The van der Waals surface area contributed by atoms with E-state index in [1.165, 1.54) is 0 Å². The molecule has 9 nitrogen and oxygen atoms in total. The maximum Gasteiger partial charge on any atom is 0.207 e. The minimum Gasteiger partial charge on any atom is -0.508 e. The molecular weight excluding hydrogens is 726 g/mol. The van der Waals surface area contributed by atoms with Crippen LogP contribution in [0.15, 0.2) is 71.5 Å². The fourth-order valence-corrected chi connectivity index (χ4v) is 11.7. The zero-order chi connectivity index (χ0) is 40.1. The van der Waals surface area contributed by atoms with Crippen molar-refractivity contribution in [2.45, 2.75) is 95.8 Å². The van der Waals surface area contributed by atoms with Crippen molar-refractivity contribution < 1.29 is 32.8 Å². The molecular formula is C45H54FN3O6Si. The number of carbonyl (C=O) groups is 2. The molecule has 1 aromatic heterocycles. The third kappa shape index (κ3) is 5.59. The number of aryl methyl sites for hydroxylation is 1. The summed E-state index contributed by atoms with van der Waals surface area (Å²) in [6.07, 6.45) is 5.49. The van der Waals surface area contributed by atoms with Gasteiger partial charge in [0.1, 0.15) is 23.9 Å². The van der Waals surface area contributed by atoms with Gasteiger partial charge in [-0.2, -0.15) is 0 Å². The lowest BCUT2D eigenvalue weighted by Gasteiger charge is -2.55. The molecule has 11 heteroatoms. The van der Waals surface area contributed by atoms with Crippen molar-refractivity contribution >= 4 is 19.9 Å². The van der Waals surface area contributed by atoms with Crippen molar-refractivity contribution in [3.8, 4) is 5.75 Å². The Labute approximate surface area is 330 Å². The molecule has 0 radical (unpaired) electrons. The van der Waals surface area contributed by atoms with Gasteiger partial charge in [-0.1, -0.05) is 68.4 Å². The Hall–Kier alpha value is -4.16. The summed E-state index contributed by atoms with van der Waals surface area (Å²) in [6, 6.07) is 9.02. The molecule has 0 spiro atoms. The number of aromatic nitrogens is 1. The van der Waals surface area contributed by atoms with E-state index in [0.29, 0.717) is 47.8 Å². The predicted octanol–water partition coefficient (Wildman–Crippen LogP) is 8.81. The molecule has 8 rings (SSSR count). The number of fused-ring (bicyclic) bond motifs is 7. The molecule has 2 aromatic carbocycles. The maximum absolute atomic E-state index is 17.4. The number of ketones is 2. The molecule has 0 saturated carbocycles. The molecule has 5 aliphatic rings. The standard InChI is InChI=1S/C45H54FN3O6Si/c1-10-18-49(19-11-2)38-31-23-28-22-29-35(40(53-24-26-15-13-12-14-16-26)30-21-27-17-20-48(7)37(27)34(30)36(29)46)39(50)33(28)43(52)45(31,55-56(8,9)44(4,5)6)42(51)32-25(3)47-54-41(32)38/h10-16,27-28,31,37-38,52H,1-2,17-24H2,3-9H3/t27?,28-,31-,37?,38-,45?/m0/s1. The van der Waals surface area contributed by atoms with Crippen LogP contribution < -0.4 is 4.74 Å². The molecule has 0 bridgehead atoms. The first-order valence-electron chi connectivity index (χ1n) is 20.0. The number of halogens is 1. The Bertz CT molecular complexity index is 2160. The van der Waals surface area contributed by atoms with E-state index in [4.69, 9.17) is 13.7 Å². The summed E-state index contributed by atoms with van der Waals surface area (Å²) in [4.78, 5) is 35.1. The van der Waals surface area contributed by atoms with Crippen molar-refractivity contribution in [1.29, 1.82) is 0 Å². The van der Waals surface area contributed by atoms with Crippen molar-refractivity contribution in [3.05, 3.63) is 118 Å². The van der Waals surface area contributed by atoms with Crippen LogP contribution in [0.25, 0.3) is 0 Å². The zero-order valence-corrected chi connectivity index (χ0v) is 34.7. The maximum atomic E-state index is 17.4. The lowest BCUT2D eigenvalue weighted by molar-refractivity contribution is -0.0524. The number of hydrogen-bond acceptors (Lipinski definition) is 9. The van der Waals surface area contributed by atoms with E-state index in [1.807, 2.05) is 50.5 Å². The van der Waals surface area contributed by atoms with Gasteiger partial charge in [0, 0.05) is 47.3 Å². The average molecular weight is 780 g/mol. The van der Waals surface area contributed by atoms with Crippen LogP contribution in [0.4, 0.5) is 4.39 Å². The van der Waals surface area contributed by atoms with Gasteiger partial charge in [0.2, 0.25) is 5.78 Å². The normalized spacial score (nSPS) is 27.1. The van der Waals surface area contributed by atoms with E-state index in [0.717, 1.165) is 24.1 Å². The molecule has 56 heavy (non-hydrogen) atoms. The minimum absolute atomic E-state index is 0.105. The number of likely N-dealkylation sites (tertiary alicyclic amines) is 1. The number of aliphatic hydroxyl groups is 1. The van der Waals surface area contributed by atoms with Gasteiger partial charge in [-0.15, -0.1) is 13.2 Å². The molecule has 296 valence electrons. The van der Waals surface area contributed by atoms with Crippen molar-refractivity contribution in [2.75, 3.05) is 26.7 Å². The Morgan fingerprint density at radius 3 is 2.46 bits per heavy atom. The van der Waals surface area contributed by atoms with E-state index in [9.17, 15) is 5.11 Å². The molecule has 1 fully saturated rings. The van der Waals surface area contributed by atoms with E-state index in [2.05, 4.69) is 48.9 Å². The van der Waals surface area contributed by atoms with Crippen molar-refractivity contribution in [3.63, 3.8) is 0 Å². The molecule has 1 N–H and O–H groups in total. The number of rotatable bonds is 10. The minimum atomic E-state index is -2.89. The summed E-state index contributed by atoms with van der Waals surface area (Å²) in [5.41, 5.74) is 1.56. The number of allylic oxidation sites excluding steroid dienone is 1. The van der Waals surface area contributed by atoms with E-state index >= 15 is 14.0 Å². The van der Waals surface area contributed by atoms with E-state index < -0.39 is 43.4 Å². The van der Waals surface area contributed by atoms with Crippen LogP contribution in [0, 0.1) is 30.5 Å². The van der Waals surface area contributed by atoms with E-state index in [-0.39, 0.29) is 64.7 Å². The van der Waals surface area contributed by atoms with Gasteiger partial charge >= 0.3 is 0 Å². The number of aliphatic hydroxyl groups excluding tert-OH is 1. The van der Waals surface area contributed by atoms with Crippen LogP contribution in [-0.2, 0) is 23.9 Å². The third-order valence-electron chi connectivity index (χ3n) is 13.8. The highest BCUT2D eigenvalue weighted by Gasteiger charge is 2.67. The van der Waals surface area contributed by atoms with Crippen molar-refractivity contribution in [1.82, 2.24) is 15.0 Å². The van der Waals surface area contributed by atoms with Gasteiger partial charge in [-0.3, -0.25) is 19.4 Å². The molecule has 1 aliphatic heterocycles. The van der Waals surface area contributed by atoms with Crippen molar-refractivity contribution in [2.24, 2.45) is 17.8 Å². The van der Waals surface area contributed by atoms with Gasteiger partial charge < -0.3 is 18.8 Å². The molecule has 3 unspecified atom stereocenters. The van der Waals surface area contributed by atoms with Crippen LogP contribution in [0.3, 0.4) is 0 Å². The van der Waals surface area contributed by atoms with E-state index in [1.54, 1.807) is 19.1 Å². The number of ether oxygens (including phenoxy) is 1. The van der Waals surface area contributed by atoms with Gasteiger partial charge in [-0.05, 0) is 81.7 Å². The van der Waals surface area contributed by atoms with Gasteiger partial charge in [-0.25, -0.2) is 4.39 Å². The SMILES string of the molecule is C=CCN(CC=C)[C@@H]1c2onc(C)c2C(=O)C2(O[Si](C)(C)C(C)(C)C)C(O)=C3C(=O)c4c(c(F)c5c(c4OCc4ccccc4)CC4CCN(C)C54)C[C@H]3C[C@@H]12. The average Bonchev–Trinajstić information content (AvgIpc) is 3.83. The van der Waals surface area contributed by atoms with Gasteiger partial charge in [0.05, 0.1) is 22.9 Å². The van der Waals surface area contributed by atoms with Crippen LogP contribution in [-0.4, -0.2) is 72.2 Å². The quantitative estimate of drug-likeness (QED) is 0.160. The van der Waals surface area contributed by atoms with Crippen LogP contribution in [0.2, 0.25) is 18.1 Å². The summed E-state index contributed by atoms with van der Waals surface area (Å²) in [6.45, 7) is 22.0. The van der Waals surface area contributed by atoms with Crippen LogP contribution in [0.5, 0.6) is 5.75 Å². The van der Waals surface area contributed by atoms with Crippen LogP contribution >= 0.6 is 0 Å². The Kier molecular flexibility index (Phi) is 9.50. The highest BCUT2D eigenvalue weighted by Crippen LogP contribution is 2.61.